The summed E-state index contributed by atoms with van der Waals surface area (Å²) in [5.41, 5.74) is 0.821. The minimum Gasteiger partial charge on any atom is -0.492 e. The normalized spacial score (nSPS) is 16.6. The molecule has 5 nitrogen and oxygen atoms in total. The Bertz CT molecular complexity index is 435. The number of halogens is 2. The molecule has 1 aromatic rings. The van der Waals surface area contributed by atoms with Gasteiger partial charge in [0, 0.05) is 18.8 Å². The lowest BCUT2D eigenvalue weighted by Crippen LogP contribution is -2.24. The number of amides is 1. The van der Waals surface area contributed by atoms with Gasteiger partial charge < -0.3 is 20.3 Å². The van der Waals surface area contributed by atoms with E-state index in [4.69, 9.17) is 4.74 Å². The van der Waals surface area contributed by atoms with Crippen molar-refractivity contribution < 1.29 is 9.53 Å². The number of anilines is 1. The summed E-state index contributed by atoms with van der Waals surface area (Å²) in [6, 6.07) is 7.53. The van der Waals surface area contributed by atoms with Crippen LogP contribution >= 0.6 is 24.8 Å². The summed E-state index contributed by atoms with van der Waals surface area (Å²) >= 11 is 0. The number of rotatable bonds is 6. The smallest absolute Gasteiger partial charge is 0.228 e. The lowest BCUT2D eigenvalue weighted by Gasteiger charge is -2.12. The van der Waals surface area contributed by atoms with Gasteiger partial charge in [0.05, 0.1) is 5.92 Å². The Morgan fingerprint density at radius 1 is 1.32 bits per heavy atom. The highest BCUT2D eigenvalue weighted by Crippen LogP contribution is 2.17. The third-order valence-electron chi connectivity index (χ3n) is 3.36. The minimum absolute atomic E-state index is 0. The van der Waals surface area contributed by atoms with Crippen molar-refractivity contribution in [2.75, 3.05) is 45.7 Å². The van der Waals surface area contributed by atoms with Crippen LogP contribution in [-0.2, 0) is 4.79 Å². The molecule has 1 unspecified atom stereocenters. The van der Waals surface area contributed by atoms with Gasteiger partial charge in [0.1, 0.15) is 12.4 Å². The second kappa shape index (κ2) is 10.7. The maximum atomic E-state index is 12.0. The summed E-state index contributed by atoms with van der Waals surface area (Å²) < 4.78 is 5.61. The third kappa shape index (κ3) is 6.83. The van der Waals surface area contributed by atoms with E-state index in [9.17, 15) is 4.79 Å². The highest BCUT2D eigenvalue weighted by Gasteiger charge is 2.22. The van der Waals surface area contributed by atoms with E-state index in [1.165, 1.54) is 0 Å². The number of hydrogen-bond acceptors (Lipinski definition) is 4. The summed E-state index contributed by atoms with van der Waals surface area (Å²) in [5.74, 6) is 1.01. The lowest BCUT2D eigenvalue weighted by atomic mass is 10.1. The second-order valence-corrected chi connectivity index (χ2v) is 5.36. The molecule has 126 valence electrons. The molecule has 22 heavy (non-hydrogen) atoms. The van der Waals surface area contributed by atoms with Gasteiger partial charge in [0.15, 0.2) is 0 Å². The van der Waals surface area contributed by atoms with E-state index in [1.54, 1.807) is 0 Å². The molecule has 2 rings (SSSR count). The molecular weight excluding hydrogens is 325 g/mol. The van der Waals surface area contributed by atoms with Crippen LogP contribution < -0.4 is 15.4 Å². The SMILES string of the molecule is CN(C)CCOc1ccc(NC(=O)C2CCNC2)cc1.Cl.Cl. The van der Waals surface area contributed by atoms with Gasteiger partial charge in [-0.25, -0.2) is 0 Å². The Kier molecular flexibility index (Phi) is 10.2. The summed E-state index contributed by atoms with van der Waals surface area (Å²) in [6.07, 6.45) is 0.914. The van der Waals surface area contributed by atoms with E-state index in [2.05, 4.69) is 15.5 Å². The van der Waals surface area contributed by atoms with Crippen LogP contribution in [0.5, 0.6) is 5.75 Å². The Morgan fingerprint density at radius 2 is 2.00 bits per heavy atom. The van der Waals surface area contributed by atoms with Crippen molar-refractivity contribution in [3.8, 4) is 5.75 Å². The first-order chi connectivity index (χ1) is 9.65. The maximum Gasteiger partial charge on any atom is 0.228 e. The zero-order chi connectivity index (χ0) is 14.4. The van der Waals surface area contributed by atoms with Gasteiger partial charge in [-0.1, -0.05) is 0 Å². The number of likely N-dealkylation sites (N-methyl/N-ethyl adjacent to an activating group) is 1. The predicted molar refractivity (Wildman–Crippen MR) is 94.6 cm³/mol. The standard InChI is InChI=1S/C15H23N3O2.2ClH/c1-18(2)9-10-20-14-5-3-13(4-6-14)17-15(19)12-7-8-16-11-12;;/h3-6,12,16H,7-11H2,1-2H3,(H,17,19);2*1H. The lowest BCUT2D eigenvalue weighted by molar-refractivity contribution is -0.119. The van der Waals surface area contributed by atoms with E-state index in [0.29, 0.717) is 6.61 Å². The number of hydrogen-bond donors (Lipinski definition) is 2. The van der Waals surface area contributed by atoms with Crippen molar-refractivity contribution in [3.63, 3.8) is 0 Å². The molecule has 0 bridgehead atoms. The number of carbonyl (C=O) groups is 1. The van der Waals surface area contributed by atoms with Gasteiger partial charge in [-0.2, -0.15) is 0 Å². The van der Waals surface area contributed by atoms with Gasteiger partial charge in [0.2, 0.25) is 5.91 Å². The van der Waals surface area contributed by atoms with Crippen molar-refractivity contribution in [3.05, 3.63) is 24.3 Å². The third-order valence-corrected chi connectivity index (χ3v) is 3.36. The minimum atomic E-state index is 0. The van der Waals surface area contributed by atoms with Crippen LogP contribution in [0.25, 0.3) is 0 Å². The van der Waals surface area contributed by atoms with E-state index < -0.39 is 0 Å². The van der Waals surface area contributed by atoms with Gasteiger partial charge in [-0.05, 0) is 51.3 Å². The van der Waals surface area contributed by atoms with E-state index in [0.717, 1.165) is 37.5 Å². The van der Waals surface area contributed by atoms with Crippen LogP contribution in [0.3, 0.4) is 0 Å². The van der Waals surface area contributed by atoms with Gasteiger partial charge in [-0.15, -0.1) is 24.8 Å². The summed E-state index contributed by atoms with van der Waals surface area (Å²) in [4.78, 5) is 14.0. The number of nitrogens with zero attached hydrogens (tertiary/aromatic N) is 1. The fourth-order valence-electron chi connectivity index (χ4n) is 2.10. The van der Waals surface area contributed by atoms with Crippen LogP contribution in [0.1, 0.15) is 6.42 Å². The second-order valence-electron chi connectivity index (χ2n) is 5.36. The molecule has 1 saturated heterocycles. The molecule has 1 amide bonds. The molecule has 0 aromatic heterocycles. The molecular formula is C15H25Cl2N3O2. The Labute approximate surface area is 144 Å². The molecule has 1 atom stereocenters. The topological polar surface area (TPSA) is 53.6 Å². The van der Waals surface area contributed by atoms with Gasteiger partial charge in [0.25, 0.3) is 0 Å². The van der Waals surface area contributed by atoms with Crippen molar-refractivity contribution >= 4 is 36.4 Å². The van der Waals surface area contributed by atoms with E-state index in [1.807, 2.05) is 38.4 Å². The Morgan fingerprint density at radius 3 is 2.55 bits per heavy atom. The Balaban J connectivity index is 0.00000220. The van der Waals surface area contributed by atoms with E-state index >= 15 is 0 Å². The first-order valence-corrected chi connectivity index (χ1v) is 7.04. The molecule has 1 aliphatic heterocycles. The molecule has 0 saturated carbocycles. The van der Waals surface area contributed by atoms with Crippen LogP contribution in [0, 0.1) is 5.92 Å². The van der Waals surface area contributed by atoms with Crippen molar-refractivity contribution in [2.24, 2.45) is 5.92 Å². The molecule has 1 aromatic carbocycles. The van der Waals surface area contributed by atoms with Crippen LogP contribution in [-0.4, -0.2) is 51.1 Å². The molecule has 0 radical (unpaired) electrons. The van der Waals surface area contributed by atoms with Crippen LogP contribution in [0.4, 0.5) is 5.69 Å². The largest absolute Gasteiger partial charge is 0.492 e. The van der Waals surface area contributed by atoms with Crippen molar-refractivity contribution in [2.45, 2.75) is 6.42 Å². The van der Waals surface area contributed by atoms with Gasteiger partial charge >= 0.3 is 0 Å². The fraction of sp³-hybridized carbons (Fsp3) is 0.533. The highest BCUT2D eigenvalue weighted by atomic mass is 35.5. The summed E-state index contributed by atoms with van der Waals surface area (Å²) in [7, 11) is 4.03. The average molecular weight is 350 g/mol. The number of ether oxygens (including phenoxy) is 1. The molecule has 1 aliphatic rings. The molecule has 0 aliphatic carbocycles. The van der Waals surface area contributed by atoms with Crippen molar-refractivity contribution in [1.29, 1.82) is 0 Å². The summed E-state index contributed by atoms with van der Waals surface area (Å²) in [6.45, 7) is 3.24. The average Bonchev–Trinajstić information content (AvgIpc) is 2.94. The quantitative estimate of drug-likeness (QED) is 0.824. The Hall–Kier alpha value is -1.01. The zero-order valence-electron chi connectivity index (χ0n) is 13.0. The number of benzene rings is 1. The van der Waals surface area contributed by atoms with Crippen molar-refractivity contribution in [1.82, 2.24) is 10.2 Å². The first-order valence-electron chi connectivity index (χ1n) is 7.04. The summed E-state index contributed by atoms with van der Waals surface area (Å²) in [5, 5.41) is 6.14. The fourth-order valence-corrected chi connectivity index (χ4v) is 2.10. The van der Waals surface area contributed by atoms with E-state index in [-0.39, 0.29) is 36.6 Å². The number of nitrogens with one attached hydrogen (secondary N) is 2. The molecule has 7 heteroatoms. The molecule has 2 N–H and O–H groups in total. The van der Waals surface area contributed by atoms with Crippen LogP contribution in [0.15, 0.2) is 24.3 Å². The first kappa shape index (κ1) is 21.0. The maximum absolute atomic E-state index is 12.0. The monoisotopic (exact) mass is 349 g/mol. The molecule has 1 heterocycles. The number of carbonyl (C=O) groups excluding carboxylic acids is 1. The van der Waals surface area contributed by atoms with Crippen LogP contribution in [0.2, 0.25) is 0 Å². The predicted octanol–water partition coefficient (Wildman–Crippen LogP) is 2.02. The zero-order valence-corrected chi connectivity index (χ0v) is 14.6. The molecule has 1 fully saturated rings. The highest BCUT2D eigenvalue weighted by molar-refractivity contribution is 5.92. The van der Waals surface area contributed by atoms with Gasteiger partial charge in [-0.3, -0.25) is 4.79 Å². The molecule has 0 spiro atoms.